The summed E-state index contributed by atoms with van der Waals surface area (Å²) in [6, 6.07) is 17.0. The average molecular weight is 474 g/mol. The Morgan fingerprint density at radius 2 is 1.59 bits per heavy atom. The molecular weight excluding hydrogens is 454 g/mol. The lowest BCUT2D eigenvalue weighted by molar-refractivity contribution is 0.0955. The summed E-state index contributed by atoms with van der Waals surface area (Å²) < 4.78 is 37.7. The number of carbonyl (C=O) groups is 1. The SMILES string of the molecule is COc1ccc(C=NNC(=O)c2ccc(NS(=O)(=O)c3ccc(Cl)cc3)cc2)cc1OC. The van der Waals surface area contributed by atoms with Gasteiger partial charge in [-0.15, -0.1) is 0 Å². The van der Waals surface area contributed by atoms with Gasteiger partial charge in [-0.3, -0.25) is 9.52 Å². The number of sulfonamides is 1. The van der Waals surface area contributed by atoms with Crippen molar-refractivity contribution in [2.75, 3.05) is 18.9 Å². The average Bonchev–Trinajstić information content (AvgIpc) is 2.79. The molecule has 8 nitrogen and oxygen atoms in total. The fourth-order valence-electron chi connectivity index (χ4n) is 2.68. The van der Waals surface area contributed by atoms with Crippen LogP contribution < -0.4 is 19.6 Å². The maximum atomic E-state index is 12.4. The third kappa shape index (κ3) is 5.77. The lowest BCUT2D eigenvalue weighted by atomic mass is 10.2. The van der Waals surface area contributed by atoms with E-state index in [-0.39, 0.29) is 4.90 Å². The van der Waals surface area contributed by atoms with E-state index in [4.69, 9.17) is 21.1 Å². The van der Waals surface area contributed by atoms with E-state index in [1.165, 1.54) is 61.9 Å². The Morgan fingerprint density at radius 1 is 0.938 bits per heavy atom. The summed E-state index contributed by atoms with van der Waals surface area (Å²) in [7, 11) is -0.702. The van der Waals surface area contributed by atoms with Gasteiger partial charge in [-0.25, -0.2) is 13.8 Å². The van der Waals surface area contributed by atoms with Gasteiger partial charge in [0.1, 0.15) is 0 Å². The van der Waals surface area contributed by atoms with E-state index in [2.05, 4.69) is 15.2 Å². The number of hydrazone groups is 1. The van der Waals surface area contributed by atoms with Crippen LogP contribution in [0, 0.1) is 0 Å². The van der Waals surface area contributed by atoms with E-state index >= 15 is 0 Å². The molecule has 0 unspecified atom stereocenters. The summed E-state index contributed by atoms with van der Waals surface area (Å²) in [5.41, 5.74) is 3.74. The normalized spacial score (nSPS) is 11.2. The first-order valence-electron chi connectivity index (χ1n) is 9.26. The molecule has 0 radical (unpaired) electrons. The highest BCUT2D eigenvalue weighted by Gasteiger charge is 2.14. The summed E-state index contributed by atoms with van der Waals surface area (Å²) in [5.74, 6) is 0.675. The molecule has 2 N–H and O–H groups in total. The highest BCUT2D eigenvalue weighted by molar-refractivity contribution is 7.92. The highest BCUT2D eigenvalue weighted by Crippen LogP contribution is 2.26. The van der Waals surface area contributed by atoms with Crippen LogP contribution in [0.25, 0.3) is 0 Å². The first-order valence-corrected chi connectivity index (χ1v) is 11.1. The van der Waals surface area contributed by atoms with E-state index in [0.717, 1.165) is 0 Å². The molecule has 0 heterocycles. The molecule has 0 aromatic heterocycles. The Morgan fingerprint density at radius 3 is 2.22 bits per heavy atom. The molecule has 0 saturated heterocycles. The molecule has 10 heteroatoms. The summed E-state index contributed by atoms with van der Waals surface area (Å²) in [4.78, 5) is 12.4. The largest absolute Gasteiger partial charge is 0.493 e. The quantitative estimate of drug-likeness (QED) is 0.381. The van der Waals surface area contributed by atoms with Crippen LogP contribution in [-0.2, 0) is 10.0 Å². The first-order chi connectivity index (χ1) is 15.3. The number of methoxy groups -OCH3 is 2. The predicted octanol–water partition coefficient (Wildman–Crippen LogP) is 3.92. The molecule has 3 aromatic carbocycles. The number of anilines is 1. The van der Waals surface area contributed by atoms with Crippen molar-refractivity contribution in [3.63, 3.8) is 0 Å². The van der Waals surface area contributed by atoms with Crippen molar-refractivity contribution in [2.45, 2.75) is 4.90 Å². The molecule has 0 bridgehead atoms. The minimum atomic E-state index is -3.77. The molecule has 1 amide bonds. The summed E-state index contributed by atoms with van der Waals surface area (Å²) in [5, 5.41) is 4.37. The van der Waals surface area contributed by atoms with Crippen LogP contribution in [0.5, 0.6) is 11.5 Å². The molecule has 0 aliphatic heterocycles. The molecule has 0 aliphatic carbocycles. The van der Waals surface area contributed by atoms with Gasteiger partial charge < -0.3 is 9.47 Å². The fraction of sp³-hybridized carbons (Fsp3) is 0.0909. The number of amides is 1. The minimum Gasteiger partial charge on any atom is -0.493 e. The molecule has 0 saturated carbocycles. The number of benzene rings is 3. The molecule has 32 heavy (non-hydrogen) atoms. The van der Waals surface area contributed by atoms with Crippen LogP contribution in [0.4, 0.5) is 5.69 Å². The molecule has 0 spiro atoms. The van der Waals surface area contributed by atoms with E-state index in [1.807, 2.05) is 0 Å². The second-order valence-corrected chi connectivity index (χ2v) is 8.57. The smallest absolute Gasteiger partial charge is 0.271 e. The number of nitrogens with zero attached hydrogens (tertiary/aromatic N) is 1. The van der Waals surface area contributed by atoms with Crippen molar-refractivity contribution >= 4 is 39.4 Å². The van der Waals surface area contributed by atoms with Gasteiger partial charge in [0.2, 0.25) is 0 Å². The van der Waals surface area contributed by atoms with E-state index in [0.29, 0.717) is 33.3 Å². The maximum absolute atomic E-state index is 12.4. The van der Waals surface area contributed by atoms with Gasteiger partial charge in [-0.1, -0.05) is 11.6 Å². The van der Waals surface area contributed by atoms with Crippen LogP contribution >= 0.6 is 11.6 Å². The van der Waals surface area contributed by atoms with Gasteiger partial charge in [-0.05, 0) is 72.3 Å². The van der Waals surface area contributed by atoms with E-state index < -0.39 is 15.9 Å². The summed E-state index contributed by atoms with van der Waals surface area (Å²) in [6.07, 6.45) is 1.47. The standard InChI is InChI=1S/C22H20ClN3O5S/c1-30-20-12-3-15(13-21(20)31-2)14-24-25-22(27)16-4-8-18(9-5-16)26-32(28,29)19-10-6-17(23)7-11-19/h3-14,26H,1-2H3,(H,25,27). The van der Waals surface area contributed by atoms with Crippen molar-refractivity contribution in [3.05, 3.63) is 82.9 Å². The van der Waals surface area contributed by atoms with Gasteiger partial charge in [0, 0.05) is 16.3 Å². The van der Waals surface area contributed by atoms with Crippen LogP contribution in [0.3, 0.4) is 0 Å². The number of hydrogen-bond acceptors (Lipinski definition) is 6. The van der Waals surface area contributed by atoms with Crippen LogP contribution in [0.2, 0.25) is 5.02 Å². The van der Waals surface area contributed by atoms with Crippen LogP contribution in [0.1, 0.15) is 15.9 Å². The Hall–Kier alpha value is -3.56. The number of carbonyl (C=O) groups excluding carboxylic acids is 1. The van der Waals surface area contributed by atoms with Gasteiger partial charge >= 0.3 is 0 Å². The molecule has 3 aromatic rings. The van der Waals surface area contributed by atoms with Crippen molar-refractivity contribution in [1.29, 1.82) is 0 Å². The summed E-state index contributed by atoms with van der Waals surface area (Å²) >= 11 is 5.79. The Labute approximate surface area is 190 Å². The topological polar surface area (TPSA) is 106 Å². The Kier molecular flexibility index (Phi) is 7.34. The molecule has 0 atom stereocenters. The Balaban J connectivity index is 1.62. The van der Waals surface area contributed by atoms with Crippen molar-refractivity contribution < 1.29 is 22.7 Å². The second kappa shape index (κ2) is 10.2. The third-order valence-corrected chi connectivity index (χ3v) is 5.96. The van der Waals surface area contributed by atoms with E-state index in [1.54, 1.807) is 25.3 Å². The molecule has 3 rings (SSSR count). The van der Waals surface area contributed by atoms with Gasteiger partial charge in [0.05, 0.1) is 25.3 Å². The van der Waals surface area contributed by atoms with Crippen molar-refractivity contribution in [3.8, 4) is 11.5 Å². The van der Waals surface area contributed by atoms with E-state index in [9.17, 15) is 13.2 Å². The number of nitrogens with one attached hydrogen (secondary N) is 2. The summed E-state index contributed by atoms with van der Waals surface area (Å²) in [6.45, 7) is 0. The minimum absolute atomic E-state index is 0.0771. The predicted molar refractivity (Wildman–Crippen MR) is 123 cm³/mol. The highest BCUT2D eigenvalue weighted by atomic mass is 35.5. The maximum Gasteiger partial charge on any atom is 0.271 e. The van der Waals surface area contributed by atoms with Gasteiger partial charge in [0.15, 0.2) is 11.5 Å². The zero-order chi connectivity index (χ0) is 23.1. The van der Waals surface area contributed by atoms with Crippen molar-refractivity contribution in [1.82, 2.24) is 5.43 Å². The molecular formula is C22H20ClN3O5S. The van der Waals surface area contributed by atoms with Crippen molar-refractivity contribution in [2.24, 2.45) is 5.10 Å². The van der Waals surface area contributed by atoms with Gasteiger partial charge in [-0.2, -0.15) is 5.10 Å². The molecule has 0 aliphatic rings. The monoisotopic (exact) mass is 473 g/mol. The number of rotatable bonds is 8. The van der Waals surface area contributed by atoms with Crippen LogP contribution in [-0.4, -0.2) is 34.8 Å². The molecule has 0 fully saturated rings. The lowest BCUT2D eigenvalue weighted by Gasteiger charge is -2.09. The number of hydrogen-bond donors (Lipinski definition) is 2. The second-order valence-electron chi connectivity index (χ2n) is 6.45. The fourth-order valence-corrected chi connectivity index (χ4v) is 3.87. The zero-order valence-corrected chi connectivity index (χ0v) is 18.8. The third-order valence-electron chi connectivity index (χ3n) is 4.31. The molecule has 166 valence electrons. The number of ether oxygens (including phenoxy) is 2. The van der Waals surface area contributed by atoms with Crippen LogP contribution in [0.15, 0.2) is 76.7 Å². The Bertz CT molecular complexity index is 1230. The zero-order valence-electron chi connectivity index (χ0n) is 17.2. The number of halogens is 1. The first kappa shape index (κ1) is 23.1. The van der Waals surface area contributed by atoms with Gasteiger partial charge in [0.25, 0.3) is 15.9 Å². The lowest BCUT2D eigenvalue weighted by Crippen LogP contribution is -2.18.